The van der Waals surface area contributed by atoms with Crippen molar-refractivity contribution in [2.75, 3.05) is 19.8 Å². The normalized spacial score (nSPS) is 34.2. The second-order valence-corrected chi connectivity index (χ2v) is 6.08. The summed E-state index contributed by atoms with van der Waals surface area (Å²) < 4.78 is 0. The minimum atomic E-state index is -1.94. The van der Waals surface area contributed by atoms with E-state index in [9.17, 15) is 20.4 Å². The summed E-state index contributed by atoms with van der Waals surface area (Å²) in [6, 6.07) is -1.60. The van der Waals surface area contributed by atoms with Gasteiger partial charge in [0.1, 0.15) is 17.8 Å². The van der Waals surface area contributed by atoms with Gasteiger partial charge in [0.15, 0.2) is 0 Å². The van der Waals surface area contributed by atoms with Gasteiger partial charge in [-0.15, -0.1) is 0 Å². The molecule has 0 aromatic carbocycles. The van der Waals surface area contributed by atoms with Gasteiger partial charge in [0.2, 0.25) is 0 Å². The maximum atomic E-state index is 9.93. The van der Waals surface area contributed by atoms with Gasteiger partial charge in [-0.3, -0.25) is 0 Å². The van der Waals surface area contributed by atoms with Crippen molar-refractivity contribution in [2.24, 2.45) is 0 Å². The van der Waals surface area contributed by atoms with E-state index < -0.39 is 55.8 Å². The van der Waals surface area contributed by atoms with Gasteiger partial charge in [-0.05, 0) is 6.42 Å². The Bertz CT molecular complexity index is 307. The molecule has 0 aliphatic heterocycles. The van der Waals surface area contributed by atoms with Crippen molar-refractivity contribution in [3.63, 3.8) is 0 Å². The average molecular weight is 331 g/mol. The molecule has 0 radical (unpaired) electrons. The number of hydrogen-bond acceptors (Lipinski definition) is 8. The molecular formula is C14H30LiNO7. The topological polar surface area (TPSA) is 154 Å². The Morgan fingerprint density at radius 2 is 1.70 bits per heavy atom. The summed E-state index contributed by atoms with van der Waals surface area (Å²) >= 11 is 2.21. The van der Waals surface area contributed by atoms with Crippen LogP contribution in [0.3, 0.4) is 0 Å². The number of nitrogens with one attached hydrogen (secondary N) is 1. The second kappa shape index (κ2) is 11.8. The fourth-order valence-electron chi connectivity index (χ4n) is 2.50. The Balaban J connectivity index is 0.000000841. The molecule has 1 aliphatic rings. The van der Waals surface area contributed by atoms with Gasteiger partial charge >= 0.3 is 42.6 Å². The van der Waals surface area contributed by atoms with Gasteiger partial charge in [0.05, 0.1) is 32.0 Å². The third-order valence-electron chi connectivity index (χ3n) is 4.08. The first-order valence-electron chi connectivity index (χ1n) is 8.16. The fraction of sp³-hybridized carbons (Fsp3) is 1.00. The predicted octanol–water partition coefficient (Wildman–Crippen LogP) is -3.12. The third-order valence-corrected chi connectivity index (χ3v) is 4.08. The molecule has 0 unspecified atom stereocenters. The van der Waals surface area contributed by atoms with Gasteiger partial charge in [-0.1, -0.05) is 0 Å². The van der Waals surface area contributed by atoms with Crippen LogP contribution in [0.1, 0.15) is 26.2 Å². The molecule has 5 atom stereocenters. The van der Waals surface area contributed by atoms with Crippen molar-refractivity contribution in [3.8, 4) is 0 Å². The van der Waals surface area contributed by atoms with E-state index in [1.54, 1.807) is 0 Å². The van der Waals surface area contributed by atoms with Crippen molar-refractivity contribution in [3.05, 3.63) is 0 Å². The van der Waals surface area contributed by atoms with E-state index in [2.05, 4.69) is 30.0 Å². The minimum absolute atomic E-state index is 0.223. The monoisotopic (exact) mass is 331 g/mol. The van der Waals surface area contributed by atoms with Crippen LogP contribution in [0.15, 0.2) is 0 Å². The van der Waals surface area contributed by atoms with Crippen molar-refractivity contribution in [1.82, 2.24) is 5.32 Å². The summed E-state index contributed by atoms with van der Waals surface area (Å²) in [7, 11) is 0. The average Bonchev–Trinajstić information content (AvgIpc) is 2.56. The van der Waals surface area contributed by atoms with E-state index in [0.29, 0.717) is 0 Å². The van der Waals surface area contributed by atoms with Crippen molar-refractivity contribution >= 4 is 17.7 Å². The van der Waals surface area contributed by atoms with Crippen LogP contribution in [0.4, 0.5) is 0 Å². The summed E-state index contributed by atoms with van der Waals surface area (Å²) in [5, 5.41) is 69.8. The zero-order chi connectivity index (χ0) is 18.0. The number of aliphatic hydroxyl groups excluding tert-OH is 6. The van der Waals surface area contributed by atoms with E-state index >= 15 is 0 Å². The first kappa shape index (κ1) is 23.3. The molecule has 0 bridgehead atoms. The molecular weight excluding hydrogens is 301 g/mol. The summed E-state index contributed by atoms with van der Waals surface area (Å²) in [4.78, 5) is 0. The van der Waals surface area contributed by atoms with Crippen LogP contribution in [0, 0.1) is 0 Å². The first-order valence-corrected chi connectivity index (χ1v) is 8.16. The van der Waals surface area contributed by atoms with Gasteiger partial charge in [-0.2, -0.15) is 0 Å². The standard InChI is InChI=1S/C10H21NO7.C4H9.Li/c12-2-5(3-13)11-6-1-10(18,4-14)9(17)8(16)7(6)15;1-3-4-2;/h5-9,11-18H,1-4H2;1,3-4H2,2H3;/t6-,7-,8+,9-,10-;;/m0../s1. The summed E-state index contributed by atoms with van der Waals surface area (Å²) in [6.45, 7) is 0.647. The molecule has 0 spiro atoms. The molecule has 1 aliphatic carbocycles. The van der Waals surface area contributed by atoms with Crippen molar-refractivity contribution in [2.45, 2.75) is 67.3 Å². The molecule has 8 N–H and O–H groups in total. The SMILES string of the molecule is OCC(CO)N[C@H]1C[C@](O)(CO)[C@@H](O)[C@H](O)[C@H]1O.[Li][CH2]CCC. The number of aliphatic hydroxyl groups is 7. The summed E-state index contributed by atoms with van der Waals surface area (Å²) in [5.41, 5.74) is -1.94. The Morgan fingerprint density at radius 1 is 1.13 bits per heavy atom. The van der Waals surface area contributed by atoms with Crippen LogP contribution in [0.2, 0.25) is 5.09 Å². The quantitative estimate of drug-likeness (QED) is 0.228. The molecule has 134 valence electrons. The molecule has 8 nitrogen and oxygen atoms in total. The Hall–Kier alpha value is 0.277. The van der Waals surface area contributed by atoms with E-state index in [4.69, 9.17) is 15.3 Å². The van der Waals surface area contributed by atoms with Gasteiger partial charge in [-0.25, -0.2) is 0 Å². The zero-order valence-electron chi connectivity index (χ0n) is 14.0. The molecule has 0 aromatic heterocycles. The predicted molar refractivity (Wildman–Crippen MR) is 85.0 cm³/mol. The Morgan fingerprint density at radius 3 is 2.04 bits per heavy atom. The molecule has 1 saturated carbocycles. The molecule has 0 aromatic rings. The van der Waals surface area contributed by atoms with Crippen molar-refractivity contribution < 1.29 is 35.7 Å². The zero-order valence-corrected chi connectivity index (χ0v) is 14.0. The number of unbranched alkanes of at least 4 members (excludes halogenated alkanes) is 1. The second-order valence-electron chi connectivity index (χ2n) is 6.08. The van der Waals surface area contributed by atoms with E-state index in [0.717, 1.165) is 0 Å². The molecule has 9 heteroatoms. The molecule has 1 fully saturated rings. The van der Waals surface area contributed by atoms with Gasteiger partial charge < -0.3 is 41.1 Å². The van der Waals surface area contributed by atoms with E-state index in [1.807, 2.05) is 0 Å². The summed E-state index contributed by atoms with van der Waals surface area (Å²) in [5.74, 6) is 0. The number of rotatable bonds is 7. The van der Waals surface area contributed by atoms with Crippen LogP contribution in [0.5, 0.6) is 0 Å². The third kappa shape index (κ3) is 6.96. The fourth-order valence-corrected chi connectivity index (χ4v) is 2.50. The van der Waals surface area contributed by atoms with Crippen LogP contribution >= 0.6 is 0 Å². The molecule has 0 saturated heterocycles. The molecule has 0 heterocycles. The van der Waals surface area contributed by atoms with Crippen LogP contribution < -0.4 is 5.32 Å². The Labute approximate surface area is 146 Å². The van der Waals surface area contributed by atoms with Gasteiger partial charge in [0.25, 0.3) is 0 Å². The first-order chi connectivity index (χ1) is 10.8. The van der Waals surface area contributed by atoms with E-state index in [1.165, 1.54) is 17.9 Å². The molecule has 0 amide bonds. The van der Waals surface area contributed by atoms with E-state index in [-0.39, 0.29) is 6.42 Å². The van der Waals surface area contributed by atoms with Crippen LogP contribution in [0.25, 0.3) is 0 Å². The Kier molecular flexibility index (Phi) is 11.9. The van der Waals surface area contributed by atoms with Crippen LogP contribution in [-0.4, -0.2) is 109 Å². The van der Waals surface area contributed by atoms with Crippen molar-refractivity contribution in [1.29, 1.82) is 0 Å². The molecule has 1 rings (SSSR count). The maximum absolute atomic E-state index is 9.93. The summed E-state index contributed by atoms with van der Waals surface area (Å²) in [6.07, 6.45) is -2.17. The number of hydrogen-bond donors (Lipinski definition) is 8. The van der Waals surface area contributed by atoms with Crippen LogP contribution in [-0.2, 0) is 0 Å². The van der Waals surface area contributed by atoms with Gasteiger partial charge in [0, 0.05) is 6.04 Å². The molecule has 23 heavy (non-hydrogen) atoms.